The normalized spacial score (nSPS) is 27.4. The fourth-order valence-corrected chi connectivity index (χ4v) is 5.31. The van der Waals surface area contributed by atoms with Crippen molar-refractivity contribution in [3.05, 3.63) is 40.8 Å². The van der Waals surface area contributed by atoms with Gasteiger partial charge in [0.15, 0.2) is 5.69 Å². The summed E-state index contributed by atoms with van der Waals surface area (Å²) in [6, 6.07) is 0.169. The van der Waals surface area contributed by atoms with Gasteiger partial charge in [-0.25, -0.2) is 9.97 Å². The molecule has 0 spiro atoms. The molecule has 2 aromatic rings. The Kier molecular flexibility index (Phi) is 3.62. The van der Waals surface area contributed by atoms with Gasteiger partial charge < -0.3 is 9.42 Å². The van der Waals surface area contributed by atoms with Gasteiger partial charge in [-0.2, -0.15) is 0 Å². The minimum atomic E-state index is -0.103. The van der Waals surface area contributed by atoms with E-state index >= 15 is 0 Å². The largest absolute Gasteiger partial charge is 0.360 e. The van der Waals surface area contributed by atoms with Gasteiger partial charge in [-0.3, -0.25) is 4.79 Å². The van der Waals surface area contributed by atoms with E-state index in [4.69, 9.17) is 4.52 Å². The summed E-state index contributed by atoms with van der Waals surface area (Å²) < 4.78 is 5.50. The second-order valence-corrected chi connectivity index (χ2v) is 8.11. The molecule has 6 nitrogen and oxygen atoms in total. The first-order valence-electron chi connectivity index (χ1n) is 9.76. The number of hydrogen-bond acceptors (Lipinski definition) is 5. The molecule has 0 N–H and O–H groups in total. The van der Waals surface area contributed by atoms with Gasteiger partial charge in [0.1, 0.15) is 12.1 Å². The lowest BCUT2D eigenvalue weighted by Crippen LogP contribution is -2.58. The monoisotopic (exact) mass is 352 g/mol. The first-order chi connectivity index (χ1) is 12.7. The van der Waals surface area contributed by atoms with Crippen molar-refractivity contribution in [3.8, 4) is 0 Å². The van der Waals surface area contributed by atoms with Crippen LogP contribution >= 0.6 is 0 Å². The molecule has 2 aliphatic carbocycles. The Morgan fingerprint density at radius 2 is 2.15 bits per heavy atom. The molecule has 6 heteroatoms. The third-order valence-corrected chi connectivity index (χ3v) is 6.64. The first kappa shape index (κ1) is 16.0. The van der Waals surface area contributed by atoms with Crippen LogP contribution in [0.1, 0.15) is 72.1 Å². The Bertz CT molecular complexity index is 861. The van der Waals surface area contributed by atoms with E-state index in [0.717, 1.165) is 74.9 Å². The van der Waals surface area contributed by atoms with Gasteiger partial charge in [0, 0.05) is 36.2 Å². The highest BCUT2D eigenvalue weighted by atomic mass is 16.5. The van der Waals surface area contributed by atoms with Gasteiger partial charge in [0.25, 0.3) is 5.91 Å². The second-order valence-electron chi connectivity index (χ2n) is 8.11. The summed E-state index contributed by atoms with van der Waals surface area (Å²) in [6.45, 7) is 3.06. The Balaban J connectivity index is 1.51. The molecule has 0 radical (unpaired) electrons. The number of carbonyl (C=O) groups is 1. The van der Waals surface area contributed by atoms with Crippen LogP contribution in [0, 0.1) is 0 Å². The number of likely N-dealkylation sites (tertiary alicyclic amines) is 1. The fraction of sp³-hybridized carbons (Fsp3) is 0.600. The smallest absolute Gasteiger partial charge is 0.276 e. The fourth-order valence-electron chi connectivity index (χ4n) is 5.31. The lowest BCUT2D eigenvalue weighted by molar-refractivity contribution is 0.0369. The molecule has 2 atom stereocenters. The number of hydrogen-bond donors (Lipinski definition) is 0. The van der Waals surface area contributed by atoms with Gasteiger partial charge in [-0.05, 0) is 50.5 Å². The number of aryl methyl sites for hydroxylation is 2. The van der Waals surface area contributed by atoms with Crippen molar-refractivity contribution in [1.29, 1.82) is 0 Å². The van der Waals surface area contributed by atoms with Crippen LogP contribution in [0.2, 0.25) is 0 Å². The minimum Gasteiger partial charge on any atom is -0.360 e. The van der Waals surface area contributed by atoms with Crippen LogP contribution in [0.3, 0.4) is 0 Å². The number of amides is 1. The molecule has 136 valence electrons. The number of aromatic nitrogens is 3. The molecule has 0 saturated carbocycles. The summed E-state index contributed by atoms with van der Waals surface area (Å²) in [5.74, 6) is 0.964. The molecule has 26 heavy (non-hydrogen) atoms. The van der Waals surface area contributed by atoms with Crippen LogP contribution in [-0.2, 0) is 24.7 Å². The quantitative estimate of drug-likeness (QED) is 0.789. The van der Waals surface area contributed by atoms with Crippen LogP contribution in [0.4, 0.5) is 0 Å². The summed E-state index contributed by atoms with van der Waals surface area (Å²) in [6.07, 6.45) is 11.6. The SMILES string of the molecule is C[C@@]12CCCN(C(=O)c3noc4c3CCCC4)C1CCc1cncnc12. The molecule has 0 aromatic carbocycles. The molecule has 1 aliphatic heterocycles. The number of carbonyl (C=O) groups excluding carboxylic acids is 1. The molecular formula is C20H24N4O2. The van der Waals surface area contributed by atoms with Crippen molar-refractivity contribution in [1.82, 2.24) is 20.0 Å². The van der Waals surface area contributed by atoms with Crippen molar-refractivity contribution >= 4 is 5.91 Å². The molecule has 1 unspecified atom stereocenters. The Hall–Kier alpha value is -2.24. The maximum absolute atomic E-state index is 13.4. The maximum Gasteiger partial charge on any atom is 0.276 e. The lowest BCUT2D eigenvalue weighted by atomic mass is 9.65. The molecular weight excluding hydrogens is 328 g/mol. The third kappa shape index (κ3) is 2.24. The topological polar surface area (TPSA) is 72.1 Å². The zero-order valence-electron chi connectivity index (χ0n) is 15.2. The molecule has 2 aromatic heterocycles. The third-order valence-electron chi connectivity index (χ3n) is 6.64. The average molecular weight is 352 g/mol. The van der Waals surface area contributed by atoms with Crippen LogP contribution in [-0.4, -0.2) is 38.5 Å². The summed E-state index contributed by atoms with van der Waals surface area (Å²) in [7, 11) is 0. The van der Waals surface area contributed by atoms with E-state index < -0.39 is 0 Å². The van der Waals surface area contributed by atoms with E-state index in [1.54, 1.807) is 6.33 Å². The predicted molar refractivity (Wildman–Crippen MR) is 94.9 cm³/mol. The van der Waals surface area contributed by atoms with Crippen molar-refractivity contribution in [2.24, 2.45) is 0 Å². The van der Waals surface area contributed by atoms with E-state index in [1.807, 2.05) is 6.20 Å². The highest BCUT2D eigenvalue weighted by Crippen LogP contribution is 2.45. The summed E-state index contributed by atoms with van der Waals surface area (Å²) in [5.41, 5.74) is 3.86. The number of piperidine rings is 1. The van der Waals surface area contributed by atoms with Crippen molar-refractivity contribution in [2.45, 2.75) is 69.7 Å². The van der Waals surface area contributed by atoms with Crippen LogP contribution in [0.25, 0.3) is 0 Å². The maximum atomic E-state index is 13.4. The summed E-state index contributed by atoms with van der Waals surface area (Å²) in [5, 5.41) is 4.19. The number of fused-ring (bicyclic) bond motifs is 4. The van der Waals surface area contributed by atoms with Crippen LogP contribution in [0.15, 0.2) is 17.0 Å². The molecule has 0 bridgehead atoms. The zero-order valence-corrected chi connectivity index (χ0v) is 15.2. The van der Waals surface area contributed by atoms with Crippen LogP contribution < -0.4 is 0 Å². The van der Waals surface area contributed by atoms with E-state index in [1.165, 1.54) is 5.56 Å². The lowest BCUT2D eigenvalue weighted by Gasteiger charge is -2.50. The molecule has 3 aliphatic rings. The summed E-state index contributed by atoms with van der Waals surface area (Å²) >= 11 is 0. The van der Waals surface area contributed by atoms with Crippen molar-refractivity contribution in [2.75, 3.05) is 6.54 Å². The highest BCUT2D eigenvalue weighted by Gasteiger charge is 2.48. The minimum absolute atomic E-state index is 0.0466. The van der Waals surface area contributed by atoms with E-state index in [0.29, 0.717) is 5.69 Å². The van der Waals surface area contributed by atoms with Gasteiger partial charge in [-0.15, -0.1) is 0 Å². The van der Waals surface area contributed by atoms with Gasteiger partial charge in [0.05, 0.1) is 5.69 Å². The highest BCUT2D eigenvalue weighted by molar-refractivity contribution is 5.94. The molecule has 1 fully saturated rings. The van der Waals surface area contributed by atoms with E-state index in [2.05, 4.69) is 26.9 Å². The Morgan fingerprint density at radius 1 is 1.27 bits per heavy atom. The average Bonchev–Trinajstić information content (AvgIpc) is 3.11. The molecule has 5 rings (SSSR count). The van der Waals surface area contributed by atoms with Gasteiger partial charge >= 0.3 is 0 Å². The molecule has 3 heterocycles. The van der Waals surface area contributed by atoms with Crippen molar-refractivity contribution < 1.29 is 9.32 Å². The Morgan fingerprint density at radius 3 is 3.08 bits per heavy atom. The number of nitrogens with zero attached hydrogens (tertiary/aromatic N) is 4. The standard InChI is InChI=1S/C20H24N4O2/c1-20-9-4-10-24(16(20)8-7-13-11-21-12-22-18(13)20)19(25)17-14-5-2-3-6-15(14)26-23-17/h11-12,16H,2-10H2,1H3/t16?,20-/m1/s1. The molecule has 1 saturated heterocycles. The van der Waals surface area contributed by atoms with E-state index in [-0.39, 0.29) is 17.4 Å². The van der Waals surface area contributed by atoms with Crippen LogP contribution in [0.5, 0.6) is 0 Å². The van der Waals surface area contributed by atoms with Gasteiger partial charge in [0.2, 0.25) is 0 Å². The Labute approximate surface area is 153 Å². The van der Waals surface area contributed by atoms with Gasteiger partial charge in [-0.1, -0.05) is 12.1 Å². The first-order valence-corrected chi connectivity index (χ1v) is 9.76. The van der Waals surface area contributed by atoms with Crippen molar-refractivity contribution in [3.63, 3.8) is 0 Å². The zero-order chi connectivity index (χ0) is 17.7. The molecule has 1 amide bonds. The predicted octanol–water partition coefficient (Wildman–Crippen LogP) is 2.85. The summed E-state index contributed by atoms with van der Waals surface area (Å²) in [4.78, 5) is 24.3. The number of rotatable bonds is 1. The second kappa shape index (κ2) is 5.89. The van der Waals surface area contributed by atoms with E-state index in [9.17, 15) is 4.79 Å².